The minimum Gasteiger partial charge on any atom is -0.397 e. The molecule has 0 saturated carbocycles. The fraction of sp³-hybridized carbons (Fsp3) is 0. The number of nitrogens with zero attached hydrogens (tertiary/aromatic N) is 3. The molecular formula is C10H9N5OS. The molecule has 2 aromatic rings. The molecule has 0 spiro atoms. The van der Waals surface area contributed by atoms with E-state index in [1.54, 1.807) is 12.3 Å². The van der Waals surface area contributed by atoms with Gasteiger partial charge in [0.2, 0.25) is 0 Å². The van der Waals surface area contributed by atoms with Gasteiger partial charge in [-0.25, -0.2) is 15.0 Å². The van der Waals surface area contributed by atoms with Crippen LogP contribution in [0, 0.1) is 0 Å². The standard InChI is InChI=1S/C10H9N5OS/c11-6-3-7(9(12)16)10(14-4-6)17-8-1-2-13-5-15-8/h1-5H,11H2,(H2,12,16). The Hall–Kier alpha value is -2.15. The van der Waals surface area contributed by atoms with Crippen LogP contribution in [0.4, 0.5) is 5.69 Å². The van der Waals surface area contributed by atoms with Crippen LogP contribution < -0.4 is 11.5 Å². The van der Waals surface area contributed by atoms with Gasteiger partial charge in [-0.1, -0.05) is 0 Å². The van der Waals surface area contributed by atoms with Gasteiger partial charge in [-0.3, -0.25) is 4.79 Å². The number of rotatable bonds is 3. The predicted molar refractivity (Wildman–Crippen MR) is 63.3 cm³/mol. The summed E-state index contributed by atoms with van der Waals surface area (Å²) in [4.78, 5) is 23.1. The van der Waals surface area contributed by atoms with Crippen molar-refractivity contribution in [1.82, 2.24) is 15.0 Å². The van der Waals surface area contributed by atoms with Gasteiger partial charge in [0, 0.05) is 6.20 Å². The summed E-state index contributed by atoms with van der Waals surface area (Å²) in [5, 5.41) is 1.16. The molecule has 4 N–H and O–H groups in total. The number of nitrogens with two attached hydrogens (primary N) is 2. The SMILES string of the molecule is NC(=O)c1cc(N)cnc1Sc1ccncn1. The monoisotopic (exact) mass is 247 g/mol. The second-order valence-corrected chi connectivity index (χ2v) is 4.14. The number of amides is 1. The first-order valence-corrected chi connectivity index (χ1v) is 5.47. The highest BCUT2D eigenvalue weighted by Gasteiger charge is 2.12. The van der Waals surface area contributed by atoms with Gasteiger partial charge in [-0.2, -0.15) is 0 Å². The van der Waals surface area contributed by atoms with E-state index in [1.165, 1.54) is 30.4 Å². The molecule has 7 heteroatoms. The number of anilines is 1. The van der Waals surface area contributed by atoms with Crippen LogP contribution in [0.3, 0.4) is 0 Å². The summed E-state index contributed by atoms with van der Waals surface area (Å²) >= 11 is 1.23. The number of pyridine rings is 1. The quantitative estimate of drug-likeness (QED) is 0.773. The van der Waals surface area contributed by atoms with Gasteiger partial charge >= 0.3 is 0 Å². The number of carbonyl (C=O) groups excluding carboxylic acids is 1. The first-order valence-electron chi connectivity index (χ1n) is 4.66. The second-order valence-electron chi connectivity index (χ2n) is 3.14. The second kappa shape index (κ2) is 4.79. The average Bonchev–Trinajstić information content (AvgIpc) is 2.32. The van der Waals surface area contributed by atoms with Gasteiger partial charge in [0.05, 0.1) is 17.4 Å². The van der Waals surface area contributed by atoms with Crippen molar-refractivity contribution in [2.45, 2.75) is 10.1 Å². The lowest BCUT2D eigenvalue weighted by Crippen LogP contribution is -2.13. The molecule has 0 aliphatic rings. The molecule has 1 amide bonds. The molecule has 2 aromatic heterocycles. The van der Waals surface area contributed by atoms with Gasteiger partial charge in [0.1, 0.15) is 16.4 Å². The molecule has 0 aliphatic carbocycles. The fourth-order valence-corrected chi connectivity index (χ4v) is 1.97. The van der Waals surface area contributed by atoms with Crippen LogP contribution in [0.25, 0.3) is 0 Å². The van der Waals surface area contributed by atoms with Gasteiger partial charge in [-0.15, -0.1) is 0 Å². The Morgan fingerprint density at radius 3 is 2.82 bits per heavy atom. The number of hydrogen-bond donors (Lipinski definition) is 2. The fourth-order valence-electron chi connectivity index (χ4n) is 1.16. The molecule has 86 valence electrons. The Balaban J connectivity index is 2.36. The van der Waals surface area contributed by atoms with E-state index in [9.17, 15) is 4.79 Å². The van der Waals surface area contributed by atoms with Crippen LogP contribution in [0.2, 0.25) is 0 Å². The maximum atomic E-state index is 11.2. The minimum atomic E-state index is -0.568. The maximum absolute atomic E-state index is 11.2. The van der Waals surface area contributed by atoms with Crippen molar-refractivity contribution in [3.05, 3.63) is 36.4 Å². The van der Waals surface area contributed by atoms with Crippen molar-refractivity contribution >= 4 is 23.4 Å². The van der Waals surface area contributed by atoms with Crippen LogP contribution in [0.5, 0.6) is 0 Å². The Bertz CT molecular complexity index is 546. The van der Waals surface area contributed by atoms with Crippen LogP contribution >= 0.6 is 11.8 Å². The molecule has 2 heterocycles. The molecule has 0 saturated heterocycles. The van der Waals surface area contributed by atoms with Crippen LogP contribution in [-0.4, -0.2) is 20.9 Å². The normalized spacial score (nSPS) is 10.1. The zero-order valence-electron chi connectivity index (χ0n) is 8.70. The first kappa shape index (κ1) is 11.3. The van der Waals surface area contributed by atoms with Crippen molar-refractivity contribution < 1.29 is 4.79 Å². The summed E-state index contributed by atoms with van der Waals surface area (Å²) in [5.41, 5.74) is 11.5. The lowest BCUT2D eigenvalue weighted by Gasteiger charge is -2.05. The van der Waals surface area contributed by atoms with E-state index in [1.807, 2.05) is 0 Å². The van der Waals surface area contributed by atoms with Crippen molar-refractivity contribution in [3.63, 3.8) is 0 Å². The Morgan fingerprint density at radius 1 is 1.35 bits per heavy atom. The lowest BCUT2D eigenvalue weighted by molar-refractivity contribution is 0.0997. The van der Waals surface area contributed by atoms with E-state index in [0.717, 1.165) is 0 Å². The molecule has 17 heavy (non-hydrogen) atoms. The third kappa shape index (κ3) is 2.70. The highest BCUT2D eigenvalue weighted by molar-refractivity contribution is 7.99. The van der Waals surface area contributed by atoms with Gasteiger partial charge in [-0.05, 0) is 23.9 Å². The van der Waals surface area contributed by atoms with Crippen molar-refractivity contribution in [1.29, 1.82) is 0 Å². The summed E-state index contributed by atoms with van der Waals surface area (Å²) in [6.45, 7) is 0. The Labute approximate surface area is 101 Å². The van der Waals surface area contributed by atoms with E-state index in [4.69, 9.17) is 11.5 Å². The largest absolute Gasteiger partial charge is 0.397 e. The van der Waals surface area contributed by atoms with Crippen LogP contribution in [0.1, 0.15) is 10.4 Å². The molecule has 0 aromatic carbocycles. The molecule has 0 atom stereocenters. The maximum Gasteiger partial charge on any atom is 0.251 e. The van der Waals surface area contributed by atoms with Crippen molar-refractivity contribution in [3.8, 4) is 0 Å². The molecule has 2 rings (SSSR count). The Morgan fingerprint density at radius 2 is 2.18 bits per heavy atom. The van der Waals surface area contributed by atoms with Gasteiger partial charge in [0.15, 0.2) is 0 Å². The van der Waals surface area contributed by atoms with E-state index < -0.39 is 5.91 Å². The zero-order valence-corrected chi connectivity index (χ0v) is 9.52. The molecule has 0 bridgehead atoms. The molecule has 0 unspecified atom stereocenters. The average molecular weight is 247 g/mol. The number of aromatic nitrogens is 3. The summed E-state index contributed by atoms with van der Waals surface area (Å²) in [7, 11) is 0. The van der Waals surface area contributed by atoms with E-state index in [-0.39, 0.29) is 5.56 Å². The minimum absolute atomic E-state index is 0.286. The van der Waals surface area contributed by atoms with E-state index >= 15 is 0 Å². The third-order valence-electron chi connectivity index (χ3n) is 1.89. The highest BCUT2D eigenvalue weighted by Crippen LogP contribution is 2.27. The molecule has 0 fully saturated rings. The summed E-state index contributed by atoms with van der Waals surface area (Å²) in [6.07, 6.45) is 4.50. The van der Waals surface area contributed by atoms with Crippen molar-refractivity contribution in [2.75, 3.05) is 5.73 Å². The van der Waals surface area contributed by atoms with Crippen LogP contribution in [-0.2, 0) is 0 Å². The van der Waals surface area contributed by atoms with Gasteiger partial charge in [0.25, 0.3) is 5.91 Å². The molecule has 6 nitrogen and oxygen atoms in total. The summed E-state index contributed by atoms with van der Waals surface area (Å²) < 4.78 is 0. The number of carbonyl (C=O) groups is 1. The number of nitrogen functional groups attached to an aromatic ring is 1. The lowest BCUT2D eigenvalue weighted by atomic mass is 10.2. The summed E-state index contributed by atoms with van der Waals surface area (Å²) in [5.74, 6) is -0.568. The topological polar surface area (TPSA) is 108 Å². The molecular weight excluding hydrogens is 238 g/mol. The van der Waals surface area contributed by atoms with Gasteiger partial charge < -0.3 is 11.5 Å². The molecule has 0 aliphatic heterocycles. The highest BCUT2D eigenvalue weighted by atomic mass is 32.2. The number of primary amides is 1. The first-order chi connectivity index (χ1) is 8.16. The third-order valence-corrected chi connectivity index (χ3v) is 2.86. The Kier molecular flexibility index (Phi) is 3.20. The van der Waals surface area contributed by atoms with E-state index in [2.05, 4.69) is 15.0 Å². The van der Waals surface area contributed by atoms with Crippen LogP contribution in [0.15, 0.2) is 40.9 Å². The number of hydrogen-bond acceptors (Lipinski definition) is 6. The van der Waals surface area contributed by atoms with Crippen molar-refractivity contribution in [2.24, 2.45) is 5.73 Å². The van der Waals surface area contributed by atoms with E-state index in [0.29, 0.717) is 15.7 Å². The predicted octanol–water partition coefficient (Wildman–Crippen LogP) is 0.704. The summed E-state index contributed by atoms with van der Waals surface area (Å²) in [6, 6.07) is 3.21. The smallest absolute Gasteiger partial charge is 0.251 e. The zero-order chi connectivity index (χ0) is 12.3. The molecule has 0 radical (unpaired) electrons.